The fourth-order valence-electron chi connectivity index (χ4n) is 1.69. The largest absolute Gasteiger partial charge is 0.484 e. The summed E-state index contributed by atoms with van der Waals surface area (Å²) in [4.78, 5) is 11.7. The average molecular weight is 291 g/mol. The third kappa shape index (κ3) is 4.31. The molecule has 2 aromatic rings. The first-order valence-corrected chi connectivity index (χ1v) is 7.30. The van der Waals surface area contributed by atoms with Crippen molar-refractivity contribution in [2.45, 2.75) is 26.7 Å². The van der Waals surface area contributed by atoms with Gasteiger partial charge in [0.15, 0.2) is 6.61 Å². The second-order valence-electron chi connectivity index (χ2n) is 4.36. The topological polar surface area (TPSA) is 64.1 Å². The van der Waals surface area contributed by atoms with E-state index in [4.69, 9.17) is 4.74 Å². The number of amides is 1. The summed E-state index contributed by atoms with van der Waals surface area (Å²) >= 11 is 1.34. The van der Waals surface area contributed by atoms with Crippen LogP contribution < -0.4 is 10.1 Å². The van der Waals surface area contributed by atoms with Crippen LogP contribution in [-0.2, 0) is 11.2 Å². The molecule has 1 N–H and O–H groups in total. The number of hydrogen-bond acceptors (Lipinski definition) is 5. The lowest BCUT2D eigenvalue weighted by Crippen LogP contribution is -2.20. The molecule has 1 amide bonds. The number of ether oxygens (including phenoxy) is 1. The summed E-state index contributed by atoms with van der Waals surface area (Å²) in [5.74, 6) is 0.451. The molecule has 1 aromatic heterocycles. The van der Waals surface area contributed by atoms with Crippen LogP contribution in [0.4, 0.5) is 5.13 Å². The summed E-state index contributed by atoms with van der Waals surface area (Å²) in [5, 5.41) is 11.6. The third-order valence-corrected chi connectivity index (χ3v) is 3.36. The van der Waals surface area contributed by atoms with E-state index in [0.29, 0.717) is 10.9 Å². The zero-order valence-corrected chi connectivity index (χ0v) is 12.4. The van der Waals surface area contributed by atoms with Gasteiger partial charge in [-0.3, -0.25) is 10.1 Å². The second-order valence-corrected chi connectivity index (χ2v) is 5.54. The maximum atomic E-state index is 11.7. The minimum atomic E-state index is -0.237. The van der Waals surface area contributed by atoms with Crippen molar-refractivity contribution in [1.82, 2.24) is 10.2 Å². The monoisotopic (exact) mass is 291 g/mol. The minimum Gasteiger partial charge on any atom is -0.484 e. The predicted octanol–water partition coefficient (Wildman–Crippen LogP) is 2.82. The van der Waals surface area contributed by atoms with Gasteiger partial charge in [0.25, 0.3) is 5.91 Å². The van der Waals surface area contributed by atoms with E-state index in [1.807, 2.05) is 31.2 Å². The van der Waals surface area contributed by atoms with E-state index in [1.165, 1.54) is 16.9 Å². The fourth-order valence-corrected chi connectivity index (χ4v) is 2.30. The zero-order chi connectivity index (χ0) is 14.4. The lowest BCUT2D eigenvalue weighted by molar-refractivity contribution is -0.118. The van der Waals surface area contributed by atoms with Crippen molar-refractivity contribution in [3.8, 4) is 5.75 Å². The van der Waals surface area contributed by atoms with E-state index < -0.39 is 0 Å². The molecule has 1 aromatic carbocycles. The number of nitrogens with one attached hydrogen (secondary N) is 1. The van der Waals surface area contributed by atoms with Gasteiger partial charge in [-0.1, -0.05) is 36.8 Å². The number of carbonyl (C=O) groups excluding carboxylic acids is 1. The highest BCUT2D eigenvalue weighted by Gasteiger charge is 2.07. The van der Waals surface area contributed by atoms with E-state index in [9.17, 15) is 4.79 Å². The fraction of sp³-hybridized carbons (Fsp3) is 0.357. The summed E-state index contributed by atoms with van der Waals surface area (Å²) in [7, 11) is 0. The molecule has 5 nitrogen and oxygen atoms in total. The molecule has 0 unspecified atom stereocenters. The predicted molar refractivity (Wildman–Crippen MR) is 79.2 cm³/mol. The molecule has 0 radical (unpaired) electrons. The maximum Gasteiger partial charge on any atom is 0.264 e. The molecule has 0 aliphatic rings. The van der Waals surface area contributed by atoms with Crippen LogP contribution in [0.25, 0.3) is 0 Å². The Morgan fingerprint density at radius 3 is 2.65 bits per heavy atom. The number of rotatable bonds is 6. The molecule has 6 heteroatoms. The Balaban J connectivity index is 1.80. The van der Waals surface area contributed by atoms with E-state index >= 15 is 0 Å². The lowest BCUT2D eigenvalue weighted by atomic mass is 10.1. The molecule has 2 rings (SSSR count). The van der Waals surface area contributed by atoms with E-state index in [1.54, 1.807) is 0 Å². The Hall–Kier alpha value is -1.95. The zero-order valence-electron chi connectivity index (χ0n) is 11.5. The van der Waals surface area contributed by atoms with Gasteiger partial charge in [0.05, 0.1) is 0 Å². The number of nitrogens with zero attached hydrogens (tertiary/aromatic N) is 2. The van der Waals surface area contributed by atoms with Gasteiger partial charge in [0, 0.05) is 0 Å². The summed E-state index contributed by atoms with van der Waals surface area (Å²) < 4.78 is 5.42. The first-order chi connectivity index (χ1) is 9.67. The number of aromatic nitrogens is 2. The highest BCUT2D eigenvalue weighted by molar-refractivity contribution is 7.15. The molecule has 0 fully saturated rings. The molecule has 0 saturated carbocycles. The van der Waals surface area contributed by atoms with Crippen LogP contribution in [0.1, 0.15) is 23.9 Å². The number of benzene rings is 1. The molecule has 106 valence electrons. The maximum absolute atomic E-state index is 11.7. The smallest absolute Gasteiger partial charge is 0.264 e. The standard InChI is InChI=1S/C14H17N3O2S/c1-3-4-11-5-7-12(8-6-11)19-9-13(18)15-14-17-16-10(2)20-14/h5-8H,3-4,9H2,1-2H3,(H,15,17,18). The van der Waals surface area contributed by atoms with Crippen LogP contribution >= 0.6 is 11.3 Å². The van der Waals surface area contributed by atoms with Crippen molar-refractivity contribution in [1.29, 1.82) is 0 Å². The van der Waals surface area contributed by atoms with E-state index in [0.717, 1.165) is 17.8 Å². The van der Waals surface area contributed by atoms with E-state index in [-0.39, 0.29) is 12.5 Å². The summed E-state index contributed by atoms with van der Waals surface area (Å²) in [6.45, 7) is 3.94. The third-order valence-electron chi connectivity index (χ3n) is 2.60. The highest BCUT2D eigenvalue weighted by atomic mass is 32.1. The second kappa shape index (κ2) is 7.00. The van der Waals surface area contributed by atoms with Crippen LogP contribution in [0.15, 0.2) is 24.3 Å². The van der Waals surface area contributed by atoms with Crippen molar-refractivity contribution in [3.05, 3.63) is 34.8 Å². The normalized spacial score (nSPS) is 10.3. The average Bonchev–Trinajstić information content (AvgIpc) is 2.84. The molecule has 0 aliphatic carbocycles. The number of anilines is 1. The van der Waals surface area contributed by atoms with Crippen molar-refractivity contribution in [2.75, 3.05) is 11.9 Å². The van der Waals surface area contributed by atoms with Crippen LogP contribution in [0.2, 0.25) is 0 Å². The molecule has 0 atom stereocenters. The summed E-state index contributed by atoms with van der Waals surface area (Å²) in [5.41, 5.74) is 1.27. The van der Waals surface area contributed by atoms with Gasteiger partial charge in [0.1, 0.15) is 10.8 Å². The van der Waals surface area contributed by atoms with Crippen LogP contribution in [0.5, 0.6) is 5.75 Å². The van der Waals surface area contributed by atoms with Gasteiger partial charge in [-0.05, 0) is 31.0 Å². The molecular formula is C14H17N3O2S. The first-order valence-electron chi connectivity index (χ1n) is 6.49. The molecule has 20 heavy (non-hydrogen) atoms. The molecule has 1 heterocycles. The summed E-state index contributed by atoms with van der Waals surface area (Å²) in [6.07, 6.45) is 2.17. The van der Waals surface area contributed by atoms with Crippen molar-refractivity contribution < 1.29 is 9.53 Å². The minimum absolute atomic E-state index is 0.0360. The molecule has 0 spiro atoms. The lowest BCUT2D eigenvalue weighted by Gasteiger charge is -2.06. The van der Waals surface area contributed by atoms with E-state index in [2.05, 4.69) is 22.4 Å². The van der Waals surface area contributed by atoms with Crippen LogP contribution in [0.3, 0.4) is 0 Å². The Bertz CT molecular complexity index is 566. The molecule has 0 bridgehead atoms. The Morgan fingerprint density at radius 2 is 2.05 bits per heavy atom. The summed E-state index contributed by atoms with van der Waals surface area (Å²) in [6, 6.07) is 7.80. The quantitative estimate of drug-likeness (QED) is 0.889. The van der Waals surface area contributed by atoms with Crippen molar-refractivity contribution >= 4 is 22.4 Å². The number of hydrogen-bond donors (Lipinski definition) is 1. The SMILES string of the molecule is CCCc1ccc(OCC(=O)Nc2nnc(C)s2)cc1. The van der Waals surface area contributed by atoms with Crippen molar-refractivity contribution in [2.24, 2.45) is 0 Å². The Morgan fingerprint density at radius 1 is 1.30 bits per heavy atom. The molecule has 0 aliphatic heterocycles. The van der Waals surface area contributed by atoms with Gasteiger partial charge in [0.2, 0.25) is 5.13 Å². The van der Waals surface area contributed by atoms with Gasteiger partial charge < -0.3 is 4.74 Å². The van der Waals surface area contributed by atoms with Gasteiger partial charge >= 0.3 is 0 Å². The number of carbonyl (C=O) groups is 1. The van der Waals surface area contributed by atoms with Gasteiger partial charge in [-0.15, -0.1) is 10.2 Å². The van der Waals surface area contributed by atoms with Crippen LogP contribution in [0, 0.1) is 6.92 Å². The molecular weight excluding hydrogens is 274 g/mol. The van der Waals surface area contributed by atoms with Crippen molar-refractivity contribution in [3.63, 3.8) is 0 Å². The highest BCUT2D eigenvalue weighted by Crippen LogP contribution is 2.15. The first kappa shape index (κ1) is 14.5. The molecule has 0 saturated heterocycles. The van der Waals surface area contributed by atoms with Crippen LogP contribution in [-0.4, -0.2) is 22.7 Å². The Kier molecular flexibility index (Phi) is 5.06. The number of aryl methyl sites for hydroxylation is 2. The van der Waals surface area contributed by atoms with Gasteiger partial charge in [-0.25, -0.2) is 0 Å². The Labute approximate surface area is 122 Å². The van der Waals surface area contributed by atoms with Gasteiger partial charge in [-0.2, -0.15) is 0 Å².